The summed E-state index contributed by atoms with van der Waals surface area (Å²) in [6, 6.07) is 1.93. The zero-order valence-electron chi connectivity index (χ0n) is 12.9. The fraction of sp³-hybridized carbons (Fsp3) is 0.750. The Kier molecular flexibility index (Phi) is 3.35. The SMILES string of the molecule is CC(C)(C)C1CCN(c2cc(N)nc(C3CC3)n2)CC1. The van der Waals surface area contributed by atoms with Crippen molar-refractivity contribution in [2.45, 2.75) is 52.4 Å². The van der Waals surface area contributed by atoms with Crippen LogP contribution in [0.3, 0.4) is 0 Å². The normalized spacial score (nSPS) is 21.2. The summed E-state index contributed by atoms with van der Waals surface area (Å²) in [5.74, 6) is 3.98. The predicted molar refractivity (Wildman–Crippen MR) is 82.8 cm³/mol. The van der Waals surface area contributed by atoms with Gasteiger partial charge in [-0.1, -0.05) is 20.8 Å². The van der Waals surface area contributed by atoms with Gasteiger partial charge in [0.2, 0.25) is 0 Å². The van der Waals surface area contributed by atoms with Crippen molar-refractivity contribution < 1.29 is 0 Å². The number of rotatable bonds is 2. The number of anilines is 2. The molecule has 1 aliphatic heterocycles. The molecule has 1 aliphatic carbocycles. The lowest BCUT2D eigenvalue weighted by atomic mass is 9.75. The summed E-state index contributed by atoms with van der Waals surface area (Å²) in [5.41, 5.74) is 6.36. The van der Waals surface area contributed by atoms with Crippen LogP contribution < -0.4 is 10.6 Å². The molecule has 4 heteroatoms. The maximum absolute atomic E-state index is 5.95. The zero-order chi connectivity index (χ0) is 14.3. The van der Waals surface area contributed by atoms with E-state index in [4.69, 9.17) is 10.7 Å². The largest absolute Gasteiger partial charge is 0.384 e. The third-order valence-electron chi connectivity index (χ3n) is 4.74. The molecule has 2 N–H and O–H groups in total. The van der Waals surface area contributed by atoms with Crippen LogP contribution in [0.25, 0.3) is 0 Å². The van der Waals surface area contributed by atoms with Gasteiger partial charge < -0.3 is 10.6 Å². The fourth-order valence-corrected chi connectivity index (χ4v) is 3.13. The number of piperidine rings is 1. The first-order chi connectivity index (χ1) is 9.43. The van der Waals surface area contributed by atoms with Gasteiger partial charge in [-0.05, 0) is 37.0 Å². The minimum absolute atomic E-state index is 0.413. The van der Waals surface area contributed by atoms with Gasteiger partial charge in [0.05, 0.1) is 0 Å². The monoisotopic (exact) mass is 274 g/mol. The third-order valence-corrected chi connectivity index (χ3v) is 4.74. The van der Waals surface area contributed by atoms with Gasteiger partial charge in [-0.15, -0.1) is 0 Å². The van der Waals surface area contributed by atoms with E-state index in [1.54, 1.807) is 0 Å². The lowest BCUT2D eigenvalue weighted by Gasteiger charge is -2.39. The molecule has 4 nitrogen and oxygen atoms in total. The van der Waals surface area contributed by atoms with Gasteiger partial charge in [0.25, 0.3) is 0 Å². The van der Waals surface area contributed by atoms with Crippen molar-refractivity contribution in [3.8, 4) is 0 Å². The van der Waals surface area contributed by atoms with Crippen LogP contribution in [0.15, 0.2) is 6.07 Å². The summed E-state index contributed by atoms with van der Waals surface area (Å²) in [5, 5.41) is 0. The Morgan fingerprint density at radius 2 is 1.75 bits per heavy atom. The zero-order valence-corrected chi connectivity index (χ0v) is 12.9. The first-order valence-corrected chi connectivity index (χ1v) is 7.83. The average molecular weight is 274 g/mol. The Labute approximate surface area is 121 Å². The van der Waals surface area contributed by atoms with Gasteiger partial charge in [-0.2, -0.15) is 0 Å². The minimum atomic E-state index is 0.413. The summed E-state index contributed by atoms with van der Waals surface area (Å²) in [6.07, 6.45) is 4.92. The molecule has 2 aliphatic rings. The first-order valence-electron chi connectivity index (χ1n) is 7.83. The first kappa shape index (κ1) is 13.7. The predicted octanol–water partition coefficient (Wildman–Crippen LogP) is 3.20. The second-order valence-electron chi connectivity index (χ2n) is 7.41. The Bertz CT molecular complexity index is 480. The van der Waals surface area contributed by atoms with Crippen LogP contribution in [0.5, 0.6) is 0 Å². The summed E-state index contributed by atoms with van der Waals surface area (Å²) < 4.78 is 0. The molecular formula is C16H26N4. The van der Waals surface area contributed by atoms with E-state index in [0.717, 1.165) is 30.6 Å². The van der Waals surface area contributed by atoms with Crippen molar-refractivity contribution in [1.29, 1.82) is 0 Å². The molecule has 2 fully saturated rings. The molecule has 2 heterocycles. The van der Waals surface area contributed by atoms with Crippen molar-refractivity contribution in [2.24, 2.45) is 11.3 Å². The highest BCUT2D eigenvalue weighted by atomic mass is 15.2. The van der Waals surface area contributed by atoms with Crippen LogP contribution in [0, 0.1) is 11.3 Å². The smallest absolute Gasteiger partial charge is 0.136 e. The van der Waals surface area contributed by atoms with E-state index in [2.05, 4.69) is 30.7 Å². The average Bonchev–Trinajstić information content (AvgIpc) is 3.21. The fourth-order valence-electron chi connectivity index (χ4n) is 3.13. The molecule has 0 amide bonds. The van der Waals surface area contributed by atoms with Crippen molar-refractivity contribution in [3.05, 3.63) is 11.9 Å². The maximum Gasteiger partial charge on any atom is 0.136 e. The molecule has 1 aromatic rings. The molecule has 110 valence electrons. The van der Waals surface area contributed by atoms with Crippen molar-refractivity contribution in [1.82, 2.24) is 9.97 Å². The van der Waals surface area contributed by atoms with Gasteiger partial charge in [0, 0.05) is 25.1 Å². The van der Waals surface area contributed by atoms with Crippen molar-refractivity contribution in [2.75, 3.05) is 23.7 Å². The van der Waals surface area contributed by atoms with Crippen LogP contribution in [-0.2, 0) is 0 Å². The van der Waals surface area contributed by atoms with Crippen LogP contribution in [0.1, 0.15) is 58.2 Å². The third kappa shape index (κ3) is 2.89. The van der Waals surface area contributed by atoms with Gasteiger partial charge in [-0.3, -0.25) is 0 Å². The lowest BCUT2D eigenvalue weighted by Crippen LogP contribution is -2.38. The molecule has 1 saturated heterocycles. The van der Waals surface area contributed by atoms with Crippen molar-refractivity contribution in [3.63, 3.8) is 0 Å². The van der Waals surface area contributed by atoms with E-state index in [1.165, 1.54) is 25.7 Å². The Balaban J connectivity index is 1.71. The molecule has 0 aromatic carbocycles. The van der Waals surface area contributed by atoms with E-state index in [1.807, 2.05) is 6.07 Å². The maximum atomic E-state index is 5.95. The molecule has 0 bridgehead atoms. The Morgan fingerprint density at radius 1 is 1.10 bits per heavy atom. The van der Waals surface area contributed by atoms with Crippen molar-refractivity contribution >= 4 is 11.6 Å². The second-order valence-corrected chi connectivity index (χ2v) is 7.41. The van der Waals surface area contributed by atoms with Crippen LogP contribution in [0.2, 0.25) is 0 Å². The molecule has 0 spiro atoms. The molecule has 0 radical (unpaired) electrons. The minimum Gasteiger partial charge on any atom is -0.384 e. The van der Waals surface area contributed by atoms with E-state index in [0.29, 0.717) is 17.2 Å². The van der Waals surface area contributed by atoms with E-state index >= 15 is 0 Å². The summed E-state index contributed by atoms with van der Waals surface area (Å²) >= 11 is 0. The lowest BCUT2D eigenvalue weighted by molar-refractivity contribution is 0.198. The topological polar surface area (TPSA) is 55.0 Å². The van der Waals surface area contributed by atoms with Gasteiger partial charge in [-0.25, -0.2) is 9.97 Å². The van der Waals surface area contributed by atoms with E-state index in [9.17, 15) is 0 Å². The van der Waals surface area contributed by atoms with Gasteiger partial charge >= 0.3 is 0 Å². The molecule has 20 heavy (non-hydrogen) atoms. The summed E-state index contributed by atoms with van der Waals surface area (Å²) in [4.78, 5) is 11.5. The van der Waals surface area contributed by atoms with Gasteiger partial charge in [0.15, 0.2) is 0 Å². The molecule has 0 atom stereocenters. The molecule has 0 unspecified atom stereocenters. The molecule has 1 aromatic heterocycles. The van der Waals surface area contributed by atoms with Crippen LogP contribution >= 0.6 is 0 Å². The summed E-state index contributed by atoms with van der Waals surface area (Å²) in [7, 11) is 0. The molecule has 3 rings (SSSR count). The second kappa shape index (κ2) is 4.90. The summed E-state index contributed by atoms with van der Waals surface area (Å²) in [6.45, 7) is 9.22. The number of hydrogen-bond donors (Lipinski definition) is 1. The molecule has 1 saturated carbocycles. The standard InChI is InChI=1S/C16H26N4/c1-16(2,3)12-6-8-20(9-7-12)14-10-13(17)18-15(19-14)11-4-5-11/h10-12H,4-9H2,1-3H3,(H2,17,18,19). The van der Waals surface area contributed by atoms with Crippen LogP contribution in [0.4, 0.5) is 11.6 Å². The number of nitrogens with zero attached hydrogens (tertiary/aromatic N) is 3. The van der Waals surface area contributed by atoms with E-state index < -0.39 is 0 Å². The number of aromatic nitrogens is 2. The highest BCUT2D eigenvalue weighted by Gasteiger charge is 2.31. The highest BCUT2D eigenvalue weighted by molar-refractivity contribution is 5.48. The Morgan fingerprint density at radius 3 is 2.30 bits per heavy atom. The van der Waals surface area contributed by atoms with E-state index in [-0.39, 0.29) is 0 Å². The molecular weight excluding hydrogens is 248 g/mol. The van der Waals surface area contributed by atoms with Gasteiger partial charge in [0.1, 0.15) is 17.5 Å². The van der Waals surface area contributed by atoms with Crippen LogP contribution in [-0.4, -0.2) is 23.1 Å². The number of hydrogen-bond acceptors (Lipinski definition) is 4. The quantitative estimate of drug-likeness (QED) is 0.899. The number of nitrogen functional groups attached to an aromatic ring is 1. The number of nitrogens with two attached hydrogens (primary N) is 1. The Hall–Kier alpha value is -1.32. The highest BCUT2D eigenvalue weighted by Crippen LogP contribution is 2.39.